The Morgan fingerprint density at radius 3 is 2.56 bits per heavy atom. The normalized spacial score (nSPS) is 13.7. The van der Waals surface area contributed by atoms with Gasteiger partial charge in [-0.1, -0.05) is 36.4 Å². The lowest BCUT2D eigenvalue weighted by Crippen LogP contribution is -2.37. The van der Waals surface area contributed by atoms with Gasteiger partial charge < -0.3 is 15.5 Å². The number of phenols is 2. The first-order chi connectivity index (χ1) is 15.3. The fourth-order valence-electron chi connectivity index (χ4n) is 3.62. The minimum Gasteiger partial charge on any atom is -0.504 e. The number of rotatable bonds is 5. The minimum atomic E-state index is -0.481. The molecular formula is C25H23N3O4. The van der Waals surface area contributed by atoms with Crippen molar-refractivity contribution in [2.45, 2.75) is 13.8 Å². The van der Waals surface area contributed by atoms with Gasteiger partial charge in [-0.25, -0.2) is 5.43 Å². The molecule has 4 rings (SSSR count). The number of carbonyl (C=O) groups excluding carboxylic acids is 2. The molecule has 0 radical (unpaired) electrons. The summed E-state index contributed by atoms with van der Waals surface area (Å²) < 4.78 is 0. The number of amides is 2. The van der Waals surface area contributed by atoms with Gasteiger partial charge in [-0.2, -0.15) is 0 Å². The van der Waals surface area contributed by atoms with Crippen LogP contribution < -0.4 is 16.2 Å². The van der Waals surface area contributed by atoms with Gasteiger partial charge in [-0.3, -0.25) is 15.0 Å². The lowest BCUT2D eigenvalue weighted by Gasteiger charge is -2.11. The van der Waals surface area contributed by atoms with Crippen LogP contribution >= 0.6 is 0 Å². The summed E-state index contributed by atoms with van der Waals surface area (Å²) in [6.45, 7) is 4.33. The fourth-order valence-corrected chi connectivity index (χ4v) is 3.62. The van der Waals surface area contributed by atoms with Gasteiger partial charge in [0.2, 0.25) is 0 Å². The van der Waals surface area contributed by atoms with E-state index in [1.807, 2.05) is 24.3 Å². The highest BCUT2D eigenvalue weighted by molar-refractivity contribution is 6.33. The maximum absolute atomic E-state index is 12.6. The molecule has 0 fully saturated rings. The monoisotopic (exact) mass is 429 g/mol. The molecule has 0 aliphatic carbocycles. The number of aryl methyl sites for hydroxylation is 2. The summed E-state index contributed by atoms with van der Waals surface area (Å²) in [5, 5.41) is 21.8. The molecule has 3 aromatic rings. The van der Waals surface area contributed by atoms with Gasteiger partial charge in [-0.05, 0) is 60.4 Å². The molecule has 0 atom stereocenters. The van der Waals surface area contributed by atoms with Gasteiger partial charge in [0, 0.05) is 28.9 Å². The summed E-state index contributed by atoms with van der Waals surface area (Å²) >= 11 is 0. The van der Waals surface area contributed by atoms with Gasteiger partial charge in [0.25, 0.3) is 11.8 Å². The van der Waals surface area contributed by atoms with Crippen molar-refractivity contribution in [3.8, 4) is 22.6 Å². The first-order valence-electron chi connectivity index (χ1n) is 10.1. The molecule has 0 spiro atoms. The van der Waals surface area contributed by atoms with E-state index in [-0.39, 0.29) is 29.5 Å². The number of hydrogen-bond donors (Lipinski definition) is 5. The van der Waals surface area contributed by atoms with Gasteiger partial charge in [-0.15, -0.1) is 0 Å². The average Bonchev–Trinajstić information content (AvgIpc) is 3.10. The zero-order chi connectivity index (χ0) is 22.8. The van der Waals surface area contributed by atoms with Crippen LogP contribution in [0.3, 0.4) is 0 Å². The Balaban J connectivity index is 1.53. The maximum Gasteiger partial charge on any atom is 0.265 e. The van der Waals surface area contributed by atoms with Gasteiger partial charge in [0.15, 0.2) is 11.5 Å². The molecule has 2 amide bonds. The van der Waals surface area contributed by atoms with E-state index in [0.717, 1.165) is 22.4 Å². The molecule has 0 unspecified atom stereocenters. The van der Waals surface area contributed by atoms with E-state index in [2.05, 4.69) is 42.1 Å². The van der Waals surface area contributed by atoms with Crippen molar-refractivity contribution < 1.29 is 19.8 Å². The van der Waals surface area contributed by atoms with Crippen LogP contribution in [0.15, 0.2) is 60.7 Å². The maximum atomic E-state index is 12.6. The van der Waals surface area contributed by atoms with Crippen LogP contribution in [0.2, 0.25) is 0 Å². The zero-order valence-electron chi connectivity index (χ0n) is 17.7. The summed E-state index contributed by atoms with van der Waals surface area (Å²) in [4.78, 5) is 24.8. The van der Waals surface area contributed by atoms with Gasteiger partial charge in [0.05, 0.1) is 0 Å². The number of hydrogen-bond acceptors (Lipinski definition) is 5. The second kappa shape index (κ2) is 8.56. The highest BCUT2D eigenvalue weighted by Crippen LogP contribution is 2.39. The molecule has 1 aliphatic rings. The Morgan fingerprint density at radius 2 is 1.81 bits per heavy atom. The van der Waals surface area contributed by atoms with Crippen LogP contribution in [0.25, 0.3) is 16.7 Å². The summed E-state index contributed by atoms with van der Waals surface area (Å²) in [7, 11) is 0. The Labute approximate surface area is 185 Å². The average molecular weight is 429 g/mol. The molecule has 32 heavy (non-hydrogen) atoms. The lowest BCUT2D eigenvalue weighted by molar-refractivity contribution is -0.110. The molecule has 7 heteroatoms. The Hall–Kier alpha value is -4.10. The largest absolute Gasteiger partial charge is 0.504 e. The third kappa shape index (κ3) is 4.06. The van der Waals surface area contributed by atoms with E-state index in [9.17, 15) is 19.8 Å². The van der Waals surface area contributed by atoms with Crippen molar-refractivity contribution in [3.63, 3.8) is 0 Å². The second-order valence-electron chi connectivity index (χ2n) is 7.64. The molecule has 162 valence electrons. The highest BCUT2D eigenvalue weighted by atomic mass is 16.3. The van der Waals surface area contributed by atoms with E-state index in [4.69, 9.17) is 0 Å². The topological polar surface area (TPSA) is 111 Å². The first kappa shape index (κ1) is 21.1. The van der Waals surface area contributed by atoms with Crippen LogP contribution in [-0.2, 0) is 4.79 Å². The van der Waals surface area contributed by atoms with E-state index in [0.29, 0.717) is 5.57 Å². The van der Waals surface area contributed by atoms with Crippen LogP contribution in [0.5, 0.6) is 11.5 Å². The molecule has 0 bridgehead atoms. The van der Waals surface area contributed by atoms with E-state index in [1.54, 1.807) is 6.08 Å². The summed E-state index contributed by atoms with van der Waals surface area (Å²) in [5.41, 5.74) is 11.9. The molecular weight excluding hydrogens is 406 g/mol. The zero-order valence-corrected chi connectivity index (χ0v) is 17.7. The standard InChI is InChI=1S/C25H23N3O4/c1-14-6-7-16(12-15(14)2)18-4-3-5-20-23(18)19(25(32)27-20)10-11-26-28-24(31)17-8-9-21(29)22(30)13-17/h3-10,12-13,26,29-30H,11H2,1-2H3,(H,27,32)(H,28,31). The molecule has 3 aromatic carbocycles. The van der Waals surface area contributed by atoms with Crippen LogP contribution in [0.4, 0.5) is 5.69 Å². The van der Waals surface area contributed by atoms with E-state index < -0.39 is 5.91 Å². The predicted molar refractivity (Wildman–Crippen MR) is 123 cm³/mol. The number of hydrazine groups is 1. The number of aromatic hydroxyl groups is 2. The smallest absolute Gasteiger partial charge is 0.265 e. The van der Waals surface area contributed by atoms with E-state index in [1.165, 1.54) is 29.3 Å². The number of nitrogens with one attached hydrogen (secondary N) is 3. The summed E-state index contributed by atoms with van der Waals surface area (Å²) in [6.07, 6.45) is 1.72. The van der Waals surface area contributed by atoms with Crippen LogP contribution in [0, 0.1) is 13.8 Å². The van der Waals surface area contributed by atoms with Gasteiger partial charge >= 0.3 is 0 Å². The highest BCUT2D eigenvalue weighted by Gasteiger charge is 2.27. The van der Waals surface area contributed by atoms with Crippen LogP contribution in [-0.4, -0.2) is 28.6 Å². The third-order valence-electron chi connectivity index (χ3n) is 5.49. The number of fused-ring (bicyclic) bond motifs is 1. The van der Waals surface area contributed by atoms with E-state index >= 15 is 0 Å². The number of benzene rings is 3. The van der Waals surface area contributed by atoms with Crippen LogP contribution in [0.1, 0.15) is 27.0 Å². The molecule has 0 saturated carbocycles. The molecule has 7 nitrogen and oxygen atoms in total. The summed E-state index contributed by atoms with van der Waals surface area (Å²) in [6, 6.07) is 15.8. The number of carbonyl (C=O) groups is 2. The van der Waals surface area contributed by atoms with Crippen molar-refractivity contribution in [1.29, 1.82) is 0 Å². The van der Waals surface area contributed by atoms with Crippen molar-refractivity contribution >= 4 is 23.1 Å². The lowest BCUT2D eigenvalue weighted by atomic mass is 9.93. The first-order valence-corrected chi connectivity index (χ1v) is 10.1. The molecule has 1 aliphatic heterocycles. The van der Waals surface area contributed by atoms with Crippen molar-refractivity contribution in [2.24, 2.45) is 0 Å². The Bertz CT molecular complexity index is 1260. The fraction of sp³-hybridized carbons (Fsp3) is 0.120. The SMILES string of the molecule is Cc1ccc(-c2cccc3c2C(=CCNNC(=O)c2ccc(O)c(O)c2)C(=O)N3)cc1C. The molecule has 0 saturated heterocycles. The minimum absolute atomic E-state index is 0.182. The predicted octanol–water partition coefficient (Wildman–Crippen LogP) is 3.65. The number of phenolic OH excluding ortho intramolecular Hbond substituents is 2. The Morgan fingerprint density at radius 1 is 1.00 bits per heavy atom. The van der Waals surface area contributed by atoms with Crippen molar-refractivity contribution in [3.05, 3.63) is 82.9 Å². The van der Waals surface area contributed by atoms with Crippen molar-refractivity contribution in [2.75, 3.05) is 11.9 Å². The Kier molecular flexibility index (Phi) is 5.66. The second-order valence-corrected chi connectivity index (χ2v) is 7.64. The number of anilines is 1. The summed E-state index contributed by atoms with van der Waals surface area (Å²) in [5.74, 6) is -1.36. The quantitative estimate of drug-likeness (QED) is 0.184. The third-order valence-corrected chi connectivity index (χ3v) is 5.49. The molecule has 5 N–H and O–H groups in total. The van der Waals surface area contributed by atoms with Gasteiger partial charge in [0.1, 0.15) is 0 Å². The molecule has 0 aromatic heterocycles. The molecule has 1 heterocycles. The van der Waals surface area contributed by atoms with Crippen molar-refractivity contribution in [1.82, 2.24) is 10.9 Å².